The van der Waals surface area contributed by atoms with E-state index in [1.165, 1.54) is 71.7 Å². The van der Waals surface area contributed by atoms with Crippen molar-refractivity contribution in [1.29, 1.82) is 0 Å². The lowest BCUT2D eigenvalue weighted by atomic mass is 9.96. The van der Waals surface area contributed by atoms with Crippen molar-refractivity contribution >= 4 is 0 Å². The van der Waals surface area contributed by atoms with Gasteiger partial charge in [0, 0.05) is 32.7 Å². The average molecular weight is 300 g/mol. The van der Waals surface area contributed by atoms with E-state index in [4.69, 9.17) is 0 Å². The van der Waals surface area contributed by atoms with Crippen molar-refractivity contribution in [2.24, 2.45) is 5.92 Å². The van der Waals surface area contributed by atoms with Crippen LogP contribution in [0.1, 0.15) is 54.4 Å². The summed E-state index contributed by atoms with van der Waals surface area (Å²) >= 11 is 0. The second-order valence-corrected chi connectivity index (χ2v) is 5.61. The van der Waals surface area contributed by atoms with Gasteiger partial charge in [-0.3, -0.25) is 0 Å². The van der Waals surface area contributed by atoms with Gasteiger partial charge in [-0.2, -0.15) is 0 Å². The molecule has 0 saturated carbocycles. The third-order valence-corrected chi connectivity index (χ3v) is 4.58. The molecule has 2 aliphatic rings. The highest BCUT2D eigenvalue weighted by molar-refractivity contribution is 4.77. The van der Waals surface area contributed by atoms with Crippen molar-refractivity contribution in [3.63, 3.8) is 0 Å². The zero-order valence-electron chi connectivity index (χ0n) is 15.7. The normalized spacial score (nSPS) is 22.0. The van der Waals surface area contributed by atoms with E-state index in [1.54, 1.807) is 0 Å². The summed E-state index contributed by atoms with van der Waals surface area (Å²) in [6.07, 6.45) is 2.84. The Morgan fingerprint density at radius 3 is 1.43 bits per heavy atom. The number of piperidine rings is 1. The quantitative estimate of drug-likeness (QED) is 0.787. The van der Waals surface area contributed by atoms with Crippen LogP contribution in [0.2, 0.25) is 0 Å². The molecule has 0 aromatic rings. The van der Waals surface area contributed by atoms with Crippen molar-refractivity contribution in [2.75, 3.05) is 58.9 Å². The lowest BCUT2D eigenvalue weighted by Gasteiger charge is -2.38. The molecular formula is C18H41N3. The summed E-state index contributed by atoms with van der Waals surface area (Å²) in [4.78, 5) is 7.85. The van der Waals surface area contributed by atoms with Gasteiger partial charge in [0.1, 0.15) is 0 Å². The Hall–Kier alpha value is -0.120. The van der Waals surface area contributed by atoms with Gasteiger partial charge in [-0.15, -0.1) is 0 Å². The molecule has 128 valence electrons. The number of likely N-dealkylation sites (tertiary alicyclic amines) is 1. The van der Waals surface area contributed by atoms with Crippen LogP contribution in [0.25, 0.3) is 0 Å². The topological polar surface area (TPSA) is 9.72 Å². The molecule has 0 spiro atoms. The first-order valence-corrected chi connectivity index (χ1v) is 9.49. The van der Waals surface area contributed by atoms with Gasteiger partial charge in [0.2, 0.25) is 0 Å². The predicted octanol–water partition coefficient (Wildman–Crippen LogP) is 3.41. The maximum Gasteiger partial charge on any atom is 0.0110 e. The maximum atomic E-state index is 2.69. The highest BCUT2D eigenvalue weighted by atomic mass is 15.3. The second-order valence-electron chi connectivity index (χ2n) is 5.61. The van der Waals surface area contributed by atoms with Crippen LogP contribution < -0.4 is 0 Å². The van der Waals surface area contributed by atoms with E-state index in [-0.39, 0.29) is 0 Å². The second kappa shape index (κ2) is 13.5. The fourth-order valence-electron chi connectivity index (χ4n) is 3.14. The van der Waals surface area contributed by atoms with Crippen LogP contribution in [0, 0.1) is 5.92 Å². The highest BCUT2D eigenvalue weighted by Crippen LogP contribution is 2.18. The van der Waals surface area contributed by atoms with Crippen LogP contribution in [0.4, 0.5) is 0 Å². The van der Waals surface area contributed by atoms with E-state index in [0.717, 1.165) is 5.92 Å². The van der Waals surface area contributed by atoms with E-state index < -0.39 is 0 Å². The van der Waals surface area contributed by atoms with Crippen LogP contribution >= 0.6 is 0 Å². The minimum Gasteiger partial charge on any atom is -0.304 e. The van der Waals surface area contributed by atoms with Crippen molar-refractivity contribution in [1.82, 2.24) is 14.7 Å². The number of nitrogens with zero attached hydrogens (tertiary/aromatic N) is 3. The molecule has 0 atom stereocenters. The first-order valence-electron chi connectivity index (χ1n) is 9.49. The summed E-state index contributed by atoms with van der Waals surface area (Å²) < 4.78 is 0. The number of rotatable bonds is 4. The van der Waals surface area contributed by atoms with Gasteiger partial charge in [0.15, 0.2) is 0 Å². The van der Waals surface area contributed by atoms with E-state index in [9.17, 15) is 0 Å². The molecule has 21 heavy (non-hydrogen) atoms. The molecule has 0 bridgehead atoms. The lowest BCUT2D eigenvalue weighted by Crippen LogP contribution is -2.48. The molecule has 2 aliphatic heterocycles. The predicted molar refractivity (Wildman–Crippen MR) is 96.1 cm³/mol. The fraction of sp³-hybridized carbons (Fsp3) is 1.00. The first kappa shape index (κ1) is 20.9. The summed E-state index contributed by atoms with van der Waals surface area (Å²) in [7, 11) is 0. The van der Waals surface area contributed by atoms with E-state index >= 15 is 0 Å². The summed E-state index contributed by atoms with van der Waals surface area (Å²) in [5.74, 6) is 0.964. The van der Waals surface area contributed by atoms with E-state index in [0.29, 0.717) is 0 Å². The molecule has 0 amide bonds. The average Bonchev–Trinajstić information content (AvgIpc) is 2.60. The maximum absolute atomic E-state index is 2.69. The Balaban J connectivity index is 0.000000921. The number of likely N-dealkylation sites (N-methyl/N-ethyl adjacent to an activating group) is 1. The molecule has 2 fully saturated rings. The van der Waals surface area contributed by atoms with Crippen molar-refractivity contribution < 1.29 is 0 Å². The molecular weight excluding hydrogens is 258 g/mol. The first-order chi connectivity index (χ1) is 10.3. The van der Waals surface area contributed by atoms with Crippen LogP contribution in [0.3, 0.4) is 0 Å². The fourth-order valence-corrected chi connectivity index (χ4v) is 3.14. The smallest absolute Gasteiger partial charge is 0.0110 e. The molecule has 3 nitrogen and oxygen atoms in total. The van der Waals surface area contributed by atoms with Crippen LogP contribution in [-0.4, -0.2) is 73.6 Å². The van der Waals surface area contributed by atoms with Gasteiger partial charge in [0.05, 0.1) is 0 Å². The molecule has 2 heterocycles. The molecule has 0 aromatic heterocycles. The molecule has 0 radical (unpaired) electrons. The Morgan fingerprint density at radius 1 is 0.619 bits per heavy atom. The minimum absolute atomic E-state index is 0.964. The Kier molecular flexibility index (Phi) is 13.5. The Morgan fingerprint density at radius 2 is 1.00 bits per heavy atom. The summed E-state index contributed by atoms with van der Waals surface area (Å²) in [5.41, 5.74) is 0. The Labute approximate surface area is 134 Å². The molecule has 3 heteroatoms. The summed E-state index contributed by atoms with van der Waals surface area (Å²) in [6, 6.07) is 0. The molecule has 2 saturated heterocycles. The SMILES string of the molecule is CC.CC.CCN1CCC(CN2CCN(CC)CC2)CC1. The molecule has 0 aliphatic carbocycles. The van der Waals surface area contributed by atoms with Crippen LogP contribution in [0.15, 0.2) is 0 Å². The molecule has 2 rings (SSSR count). The van der Waals surface area contributed by atoms with Gasteiger partial charge in [-0.05, 0) is 44.9 Å². The minimum atomic E-state index is 0.964. The van der Waals surface area contributed by atoms with Crippen molar-refractivity contribution in [3.8, 4) is 0 Å². The van der Waals surface area contributed by atoms with Gasteiger partial charge >= 0.3 is 0 Å². The number of piperazine rings is 1. The van der Waals surface area contributed by atoms with Crippen molar-refractivity contribution in [2.45, 2.75) is 54.4 Å². The summed E-state index contributed by atoms with van der Waals surface area (Å²) in [6.45, 7) is 24.2. The van der Waals surface area contributed by atoms with Gasteiger partial charge < -0.3 is 14.7 Å². The number of hydrogen-bond acceptors (Lipinski definition) is 3. The highest BCUT2D eigenvalue weighted by Gasteiger charge is 2.22. The van der Waals surface area contributed by atoms with E-state index in [2.05, 4.69) is 28.5 Å². The standard InChI is InChI=1S/C14H29N3.2C2H6/c1-3-15-7-5-14(6-8-15)13-17-11-9-16(4-2)10-12-17;2*1-2/h14H,3-13H2,1-2H3;2*1-2H3. The zero-order chi connectivity index (χ0) is 16.1. The lowest BCUT2D eigenvalue weighted by molar-refractivity contribution is 0.0989. The van der Waals surface area contributed by atoms with Crippen LogP contribution in [0.5, 0.6) is 0 Å². The van der Waals surface area contributed by atoms with E-state index in [1.807, 2.05) is 27.7 Å². The molecule has 0 N–H and O–H groups in total. The third kappa shape index (κ3) is 8.18. The third-order valence-electron chi connectivity index (χ3n) is 4.58. The van der Waals surface area contributed by atoms with Gasteiger partial charge in [0.25, 0.3) is 0 Å². The van der Waals surface area contributed by atoms with Gasteiger partial charge in [-0.1, -0.05) is 41.5 Å². The molecule has 0 aromatic carbocycles. The zero-order valence-corrected chi connectivity index (χ0v) is 15.7. The largest absolute Gasteiger partial charge is 0.304 e. The molecule has 0 unspecified atom stereocenters. The van der Waals surface area contributed by atoms with Gasteiger partial charge in [-0.25, -0.2) is 0 Å². The Bertz CT molecular complexity index is 183. The van der Waals surface area contributed by atoms with Crippen molar-refractivity contribution in [3.05, 3.63) is 0 Å². The number of hydrogen-bond donors (Lipinski definition) is 0. The monoisotopic (exact) mass is 299 g/mol. The summed E-state index contributed by atoms with van der Waals surface area (Å²) in [5, 5.41) is 0. The van der Waals surface area contributed by atoms with Crippen LogP contribution in [-0.2, 0) is 0 Å².